The summed E-state index contributed by atoms with van der Waals surface area (Å²) in [6.07, 6.45) is 9.62. The van der Waals surface area contributed by atoms with Crippen LogP contribution in [0.25, 0.3) is 0 Å². The fourth-order valence-electron chi connectivity index (χ4n) is 2.94. The van der Waals surface area contributed by atoms with Gasteiger partial charge in [0.2, 0.25) is 0 Å². The Hall–Kier alpha value is -0.830. The fourth-order valence-corrected chi connectivity index (χ4v) is 2.94. The third-order valence-electron chi connectivity index (χ3n) is 4.40. The molecule has 138 valence electrons. The van der Waals surface area contributed by atoms with E-state index in [1.54, 1.807) is 6.20 Å². The maximum absolute atomic E-state index is 4.81. The van der Waals surface area contributed by atoms with Gasteiger partial charge in [-0.15, -0.1) is 24.0 Å². The van der Waals surface area contributed by atoms with E-state index in [0.29, 0.717) is 0 Å². The van der Waals surface area contributed by atoms with Crippen LogP contribution in [0, 0.1) is 0 Å². The van der Waals surface area contributed by atoms with Crippen molar-refractivity contribution in [2.45, 2.75) is 52.1 Å². The molecule has 0 unspecified atom stereocenters. The number of nitrogens with one attached hydrogen (secondary N) is 2. The SMILES string of the molecule is CCNC(=NCC(C)(C)N1CCCCC1)NCCn1ccnc1.I. The Kier molecular flexibility index (Phi) is 9.65. The van der Waals surface area contributed by atoms with Crippen molar-refractivity contribution < 1.29 is 0 Å². The van der Waals surface area contributed by atoms with E-state index in [-0.39, 0.29) is 29.5 Å². The first-order valence-corrected chi connectivity index (χ1v) is 8.85. The van der Waals surface area contributed by atoms with Gasteiger partial charge in [-0.2, -0.15) is 0 Å². The number of likely N-dealkylation sites (tertiary alicyclic amines) is 1. The van der Waals surface area contributed by atoms with Crippen molar-refractivity contribution in [3.63, 3.8) is 0 Å². The quantitative estimate of drug-likeness (QED) is 0.382. The molecule has 0 spiro atoms. The van der Waals surface area contributed by atoms with Gasteiger partial charge in [-0.05, 0) is 46.7 Å². The van der Waals surface area contributed by atoms with Gasteiger partial charge in [0.25, 0.3) is 0 Å². The van der Waals surface area contributed by atoms with E-state index in [1.807, 2.05) is 12.5 Å². The summed E-state index contributed by atoms with van der Waals surface area (Å²) in [4.78, 5) is 11.4. The van der Waals surface area contributed by atoms with Crippen LogP contribution >= 0.6 is 24.0 Å². The van der Waals surface area contributed by atoms with E-state index in [4.69, 9.17) is 4.99 Å². The number of hydrogen-bond donors (Lipinski definition) is 2. The average Bonchev–Trinajstić information content (AvgIpc) is 3.07. The molecule has 1 aromatic rings. The molecule has 1 aliphatic heterocycles. The summed E-state index contributed by atoms with van der Waals surface area (Å²) >= 11 is 0. The zero-order chi connectivity index (χ0) is 16.5. The number of nitrogens with zero attached hydrogens (tertiary/aromatic N) is 4. The Morgan fingerprint density at radius 2 is 1.96 bits per heavy atom. The number of guanidine groups is 1. The lowest BCUT2D eigenvalue weighted by Gasteiger charge is -2.40. The van der Waals surface area contributed by atoms with Gasteiger partial charge in [-0.1, -0.05) is 6.42 Å². The van der Waals surface area contributed by atoms with Gasteiger partial charge in [0.1, 0.15) is 0 Å². The van der Waals surface area contributed by atoms with E-state index >= 15 is 0 Å². The van der Waals surface area contributed by atoms with E-state index < -0.39 is 0 Å². The normalized spacial score (nSPS) is 16.5. The van der Waals surface area contributed by atoms with E-state index in [2.05, 4.69) is 45.9 Å². The first-order valence-electron chi connectivity index (χ1n) is 8.85. The molecule has 24 heavy (non-hydrogen) atoms. The molecule has 0 bridgehead atoms. The highest BCUT2D eigenvalue weighted by atomic mass is 127. The van der Waals surface area contributed by atoms with Crippen LogP contribution in [0.4, 0.5) is 0 Å². The number of aliphatic imine (C=N–C) groups is 1. The van der Waals surface area contributed by atoms with Crippen LogP contribution in [-0.4, -0.2) is 58.7 Å². The topological polar surface area (TPSA) is 57.5 Å². The van der Waals surface area contributed by atoms with Crippen molar-refractivity contribution in [1.82, 2.24) is 25.1 Å². The molecule has 2 rings (SSSR count). The minimum Gasteiger partial charge on any atom is -0.357 e. The van der Waals surface area contributed by atoms with Gasteiger partial charge in [0.05, 0.1) is 12.9 Å². The lowest BCUT2D eigenvalue weighted by Crippen LogP contribution is -2.49. The molecule has 0 atom stereocenters. The Labute approximate surface area is 163 Å². The van der Waals surface area contributed by atoms with Crippen LogP contribution in [0.3, 0.4) is 0 Å². The molecule has 1 saturated heterocycles. The summed E-state index contributed by atoms with van der Waals surface area (Å²) in [6.45, 7) is 12.5. The number of imidazole rings is 1. The van der Waals surface area contributed by atoms with Crippen LogP contribution < -0.4 is 10.6 Å². The van der Waals surface area contributed by atoms with Crippen molar-refractivity contribution in [2.24, 2.45) is 4.99 Å². The molecule has 7 heteroatoms. The monoisotopic (exact) mass is 448 g/mol. The number of aromatic nitrogens is 2. The molecule has 1 aliphatic rings. The number of halogens is 1. The Morgan fingerprint density at radius 1 is 1.21 bits per heavy atom. The van der Waals surface area contributed by atoms with Crippen LogP contribution in [0.1, 0.15) is 40.0 Å². The first-order chi connectivity index (χ1) is 11.1. The van der Waals surface area contributed by atoms with Crippen LogP contribution in [-0.2, 0) is 6.54 Å². The molecular formula is C17H33IN6. The molecule has 0 aromatic carbocycles. The van der Waals surface area contributed by atoms with Crippen molar-refractivity contribution in [1.29, 1.82) is 0 Å². The summed E-state index contributed by atoms with van der Waals surface area (Å²) in [5.41, 5.74) is 0.118. The summed E-state index contributed by atoms with van der Waals surface area (Å²) < 4.78 is 2.06. The van der Waals surface area contributed by atoms with Gasteiger partial charge >= 0.3 is 0 Å². The molecule has 1 aromatic heterocycles. The molecule has 6 nitrogen and oxygen atoms in total. The summed E-state index contributed by atoms with van der Waals surface area (Å²) in [6, 6.07) is 0. The van der Waals surface area contributed by atoms with Crippen molar-refractivity contribution in [2.75, 3.05) is 32.7 Å². The molecule has 0 radical (unpaired) electrons. The molecule has 2 N–H and O–H groups in total. The van der Waals surface area contributed by atoms with E-state index in [1.165, 1.54) is 32.4 Å². The second-order valence-corrected chi connectivity index (χ2v) is 6.78. The van der Waals surface area contributed by atoms with Crippen molar-refractivity contribution >= 4 is 29.9 Å². The van der Waals surface area contributed by atoms with Crippen LogP contribution in [0.5, 0.6) is 0 Å². The lowest BCUT2D eigenvalue weighted by atomic mass is 9.99. The molecule has 0 amide bonds. The van der Waals surface area contributed by atoms with Gasteiger partial charge in [0.15, 0.2) is 5.96 Å². The number of rotatable bonds is 7. The third kappa shape index (κ3) is 6.96. The zero-order valence-corrected chi connectivity index (χ0v) is 17.6. The van der Waals surface area contributed by atoms with Crippen LogP contribution in [0.2, 0.25) is 0 Å². The maximum Gasteiger partial charge on any atom is 0.191 e. The molecule has 2 heterocycles. The first kappa shape index (κ1) is 21.2. The third-order valence-corrected chi connectivity index (χ3v) is 4.40. The molecule has 1 fully saturated rings. The Balaban J connectivity index is 0.00000288. The van der Waals surface area contributed by atoms with Gasteiger partial charge in [-0.25, -0.2) is 4.98 Å². The summed E-state index contributed by atoms with van der Waals surface area (Å²) in [7, 11) is 0. The Bertz CT molecular complexity index is 465. The van der Waals surface area contributed by atoms with E-state index in [0.717, 1.165) is 32.1 Å². The van der Waals surface area contributed by atoms with E-state index in [9.17, 15) is 0 Å². The predicted octanol–water partition coefficient (Wildman–Crippen LogP) is 2.32. The Morgan fingerprint density at radius 3 is 2.58 bits per heavy atom. The number of hydrogen-bond acceptors (Lipinski definition) is 3. The predicted molar refractivity (Wildman–Crippen MR) is 111 cm³/mol. The van der Waals surface area contributed by atoms with Gasteiger partial charge in [0, 0.05) is 37.6 Å². The highest BCUT2D eigenvalue weighted by Crippen LogP contribution is 2.20. The van der Waals surface area contributed by atoms with Gasteiger partial charge in [-0.3, -0.25) is 9.89 Å². The maximum atomic E-state index is 4.81. The summed E-state index contributed by atoms with van der Waals surface area (Å²) in [5, 5.41) is 6.74. The summed E-state index contributed by atoms with van der Waals surface area (Å²) in [5.74, 6) is 0.901. The zero-order valence-electron chi connectivity index (χ0n) is 15.3. The largest absolute Gasteiger partial charge is 0.357 e. The minimum absolute atomic E-state index is 0. The fraction of sp³-hybridized carbons (Fsp3) is 0.765. The molecular weight excluding hydrogens is 415 g/mol. The second kappa shape index (κ2) is 10.9. The number of piperidine rings is 1. The van der Waals surface area contributed by atoms with Gasteiger partial charge < -0.3 is 15.2 Å². The molecule has 0 saturated carbocycles. The highest BCUT2D eigenvalue weighted by molar-refractivity contribution is 14.0. The van der Waals surface area contributed by atoms with Crippen LogP contribution in [0.15, 0.2) is 23.7 Å². The minimum atomic E-state index is 0. The standard InChI is InChI=1S/C17H32N6.HI/c1-4-19-16(20-9-13-22-12-8-18-15-22)21-14-17(2,3)23-10-6-5-7-11-23;/h8,12,15H,4-7,9-11,13-14H2,1-3H3,(H2,19,20,21);1H. The van der Waals surface area contributed by atoms with Crippen molar-refractivity contribution in [3.05, 3.63) is 18.7 Å². The molecule has 0 aliphatic carbocycles. The highest BCUT2D eigenvalue weighted by Gasteiger charge is 2.27. The van der Waals surface area contributed by atoms with Crippen molar-refractivity contribution in [3.8, 4) is 0 Å². The average molecular weight is 448 g/mol. The smallest absolute Gasteiger partial charge is 0.191 e. The lowest BCUT2D eigenvalue weighted by molar-refractivity contribution is 0.102. The second-order valence-electron chi connectivity index (χ2n) is 6.78.